The number of hydrogen-bond donors (Lipinski definition) is 4. The molecule has 2 aliphatic rings. The molecule has 0 bridgehead atoms. The van der Waals surface area contributed by atoms with Crippen molar-refractivity contribution in [3.05, 3.63) is 40.8 Å². The Morgan fingerprint density at radius 1 is 1.15 bits per heavy atom. The second-order valence-electron chi connectivity index (χ2n) is 8.97. The highest BCUT2D eigenvalue weighted by Crippen LogP contribution is 2.32. The van der Waals surface area contributed by atoms with Gasteiger partial charge in [-0.2, -0.15) is 0 Å². The molecular weight excluding hydrogens is 435 g/mol. The van der Waals surface area contributed by atoms with Crippen molar-refractivity contribution in [3.8, 4) is 11.6 Å². The van der Waals surface area contributed by atoms with Crippen molar-refractivity contribution < 1.29 is 39.0 Å². The van der Waals surface area contributed by atoms with Gasteiger partial charge >= 0.3 is 0 Å². The molecule has 10 heteroatoms. The molecule has 0 spiro atoms. The minimum atomic E-state index is -1.57. The molecule has 4 N–H and O–H groups in total. The Morgan fingerprint density at radius 2 is 1.88 bits per heavy atom. The number of nitrogens with zero attached hydrogens (tertiary/aromatic N) is 2. The van der Waals surface area contributed by atoms with Crippen LogP contribution in [-0.2, 0) is 11.2 Å². The first kappa shape index (κ1) is 23.9. The maximum absolute atomic E-state index is 14.8. The van der Waals surface area contributed by atoms with Crippen LogP contribution in [0.1, 0.15) is 49.6 Å². The van der Waals surface area contributed by atoms with E-state index in [0.717, 1.165) is 18.5 Å². The zero-order valence-electron chi connectivity index (χ0n) is 18.9. The number of halogens is 1. The average Bonchev–Trinajstić information content (AvgIpc) is 3.54. The highest BCUT2D eigenvalue weighted by atomic mass is 19.1. The fraction of sp³-hybridized carbons (Fsp3) is 0.609. The predicted octanol–water partition coefficient (Wildman–Crippen LogP) is 1.22. The van der Waals surface area contributed by atoms with Gasteiger partial charge in [-0.3, -0.25) is 4.68 Å². The van der Waals surface area contributed by atoms with Gasteiger partial charge in [-0.1, -0.05) is 6.07 Å². The molecule has 33 heavy (non-hydrogen) atoms. The van der Waals surface area contributed by atoms with Crippen LogP contribution in [0.15, 0.2) is 18.2 Å². The molecule has 0 radical (unpaired) electrons. The lowest BCUT2D eigenvalue weighted by atomic mass is 9.99. The molecule has 2 heterocycles. The Balaban J connectivity index is 1.60. The molecule has 2 aromatic rings. The van der Waals surface area contributed by atoms with Crippen molar-refractivity contribution >= 4 is 0 Å². The predicted molar refractivity (Wildman–Crippen MR) is 115 cm³/mol. The molecule has 0 amide bonds. The molecule has 1 saturated carbocycles. The quantitative estimate of drug-likeness (QED) is 0.458. The topological polar surface area (TPSA) is 126 Å². The summed E-state index contributed by atoms with van der Waals surface area (Å²) in [6, 6.07) is 4.75. The van der Waals surface area contributed by atoms with E-state index in [4.69, 9.17) is 14.2 Å². The molecule has 4 rings (SSSR count). The lowest BCUT2D eigenvalue weighted by molar-refractivity contribution is -0.278. The van der Waals surface area contributed by atoms with Crippen molar-refractivity contribution in [1.82, 2.24) is 9.78 Å². The number of hydrogen-bond acceptors (Lipinski definition) is 8. The number of benzene rings is 1. The molecule has 0 unspecified atom stereocenters. The van der Waals surface area contributed by atoms with Crippen molar-refractivity contribution in [3.63, 3.8) is 0 Å². The molecule has 2 fully saturated rings. The van der Waals surface area contributed by atoms with Gasteiger partial charge in [0.2, 0.25) is 12.2 Å². The van der Waals surface area contributed by atoms with Gasteiger partial charge < -0.3 is 34.6 Å². The smallest absolute Gasteiger partial charge is 0.239 e. The van der Waals surface area contributed by atoms with Gasteiger partial charge in [0.1, 0.15) is 36.0 Å². The second kappa shape index (κ2) is 9.55. The van der Waals surface area contributed by atoms with Gasteiger partial charge in [0, 0.05) is 29.8 Å². The van der Waals surface area contributed by atoms with Crippen LogP contribution in [0.25, 0.3) is 0 Å². The van der Waals surface area contributed by atoms with E-state index >= 15 is 0 Å². The summed E-state index contributed by atoms with van der Waals surface area (Å²) in [5.41, 5.74) is 1.76. The van der Waals surface area contributed by atoms with E-state index in [-0.39, 0.29) is 24.4 Å². The summed E-state index contributed by atoms with van der Waals surface area (Å²) in [7, 11) is 0. The third-order valence-corrected chi connectivity index (χ3v) is 6.02. The monoisotopic (exact) mass is 466 g/mol. The first-order valence-corrected chi connectivity index (χ1v) is 11.2. The van der Waals surface area contributed by atoms with Gasteiger partial charge in [0.15, 0.2) is 0 Å². The zero-order valence-corrected chi connectivity index (χ0v) is 18.9. The van der Waals surface area contributed by atoms with Crippen LogP contribution in [0.5, 0.6) is 11.6 Å². The number of rotatable bonds is 8. The largest absolute Gasteiger partial charge is 0.490 e. The second-order valence-corrected chi connectivity index (χ2v) is 8.97. The summed E-state index contributed by atoms with van der Waals surface area (Å²) >= 11 is 0. The third kappa shape index (κ3) is 4.99. The van der Waals surface area contributed by atoms with Gasteiger partial charge in [-0.15, -0.1) is 5.10 Å². The Kier molecular flexibility index (Phi) is 6.92. The van der Waals surface area contributed by atoms with Crippen molar-refractivity contribution in [2.45, 2.75) is 82.9 Å². The maximum Gasteiger partial charge on any atom is 0.239 e. The molecule has 182 valence electrons. The Morgan fingerprint density at radius 3 is 2.48 bits per heavy atom. The molecule has 1 aromatic heterocycles. The van der Waals surface area contributed by atoms with E-state index in [0.29, 0.717) is 16.9 Å². The Labute approximate surface area is 191 Å². The normalized spacial score (nSPS) is 27.7. The van der Waals surface area contributed by atoms with Crippen molar-refractivity contribution in [2.24, 2.45) is 0 Å². The first-order valence-electron chi connectivity index (χ1n) is 11.2. The highest BCUT2D eigenvalue weighted by molar-refractivity contribution is 5.39. The Bertz CT molecular complexity index is 976. The number of aromatic nitrogens is 2. The van der Waals surface area contributed by atoms with E-state index in [9.17, 15) is 24.8 Å². The minimum absolute atomic E-state index is 0.0185. The van der Waals surface area contributed by atoms with E-state index < -0.39 is 43.1 Å². The SMILES string of the molecule is Cc1c(Cc2ccc(OC3CC3)cc2F)c(O[C@@H]2O[C@H](CO)[C@@H](O)[C@H](O)[C@H]2O)nn1C(C)C. The molecule has 5 atom stereocenters. The van der Waals surface area contributed by atoms with Gasteiger partial charge in [0.05, 0.1) is 12.7 Å². The summed E-state index contributed by atoms with van der Waals surface area (Å²) in [5, 5.41) is 44.3. The molecule has 1 aromatic carbocycles. The number of aliphatic hydroxyl groups excluding tert-OH is 4. The standard InChI is InChI=1S/C23H31FN2O7/c1-11(2)26-12(3)16(8-13-4-5-15(9-17(13)24)31-14-6-7-14)22(25-26)33-23-21(30)20(29)19(28)18(10-27)32-23/h4-5,9,11,14,18-21,23,27-30H,6-8,10H2,1-3H3/t18-,19-,20+,21-,23+/m1/s1. The van der Waals surface area contributed by atoms with Crippen LogP contribution in [0, 0.1) is 12.7 Å². The summed E-state index contributed by atoms with van der Waals surface area (Å²) in [5.74, 6) is 0.193. The van der Waals surface area contributed by atoms with Crippen molar-refractivity contribution in [2.75, 3.05) is 6.61 Å². The molecule has 1 aliphatic carbocycles. The molecule has 9 nitrogen and oxygen atoms in total. The first-order chi connectivity index (χ1) is 15.7. The maximum atomic E-state index is 14.8. The molecular formula is C23H31FN2O7. The lowest BCUT2D eigenvalue weighted by Crippen LogP contribution is -2.60. The minimum Gasteiger partial charge on any atom is -0.490 e. The van der Waals surface area contributed by atoms with Crippen LogP contribution in [0.2, 0.25) is 0 Å². The van der Waals surface area contributed by atoms with Crippen LogP contribution >= 0.6 is 0 Å². The fourth-order valence-electron chi connectivity index (χ4n) is 3.92. The summed E-state index contributed by atoms with van der Waals surface area (Å²) in [6.07, 6.45) is -4.84. The Hall–Kier alpha value is -2.24. The number of aliphatic hydroxyl groups is 4. The van der Waals surface area contributed by atoms with E-state index in [1.165, 1.54) is 6.07 Å². The summed E-state index contributed by atoms with van der Waals surface area (Å²) < 4.78 is 33.5. The van der Waals surface area contributed by atoms with Crippen LogP contribution in [0.4, 0.5) is 4.39 Å². The van der Waals surface area contributed by atoms with Crippen LogP contribution in [0.3, 0.4) is 0 Å². The van der Waals surface area contributed by atoms with Gasteiger partial charge in [-0.25, -0.2) is 4.39 Å². The molecule has 1 aliphatic heterocycles. The fourth-order valence-corrected chi connectivity index (χ4v) is 3.92. The van der Waals surface area contributed by atoms with E-state index in [1.807, 2.05) is 20.8 Å². The summed E-state index contributed by atoms with van der Waals surface area (Å²) in [4.78, 5) is 0. The highest BCUT2D eigenvalue weighted by Gasteiger charge is 2.45. The van der Waals surface area contributed by atoms with E-state index in [1.54, 1.807) is 16.8 Å². The lowest BCUT2D eigenvalue weighted by Gasteiger charge is -2.39. The van der Waals surface area contributed by atoms with Crippen molar-refractivity contribution in [1.29, 1.82) is 0 Å². The number of ether oxygens (including phenoxy) is 3. The van der Waals surface area contributed by atoms with Crippen LogP contribution < -0.4 is 9.47 Å². The molecule has 1 saturated heterocycles. The van der Waals surface area contributed by atoms with Gasteiger partial charge in [0.25, 0.3) is 0 Å². The summed E-state index contributed by atoms with van der Waals surface area (Å²) in [6.45, 7) is 5.14. The van der Waals surface area contributed by atoms with Gasteiger partial charge in [-0.05, 0) is 45.2 Å². The average molecular weight is 467 g/mol. The zero-order chi connectivity index (χ0) is 23.9. The van der Waals surface area contributed by atoms with Crippen LogP contribution in [-0.4, -0.2) is 73.6 Å². The third-order valence-electron chi connectivity index (χ3n) is 6.02. The van der Waals surface area contributed by atoms with E-state index in [2.05, 4.69) is 5.10 Å².